The summed E-state index contributed by atoms with van der Waals surface area (Å²) >= 11 is 0. The zero-order valence-electron chi connectivity index (χ0n) is 27.1. The molecule has 0 amide bonds. The van der Waals surface area contributed by atoms with Crippen LogP contribution < -0.4 is 16.2 Å². The van der Waals surface area contributed by atoms with E-state index in [1.807, 2.05) is 0 Å². The number of fused-ring (bicyclic) bond motifs is 8. The molecule has 1 aromatic heterocycles. The van der Waals surface area contributed by atoms with Gasteiger partial charge in [0.05, 0.1) is 5.52 Å². The summed E-state index contributed by atoms with van der Waals surface area (Å²) in [7, 11) is 0.877. The molecule has 2 nitrogen and oxygen atoms in total. The number of hydrogen-bond donors (Lipinski definition) is 1. The van der Waals surface area contributed by atoms with Crippen LogP contribution in [0.4, 0.5) is 11.4 Å². The molecule has 48 heavy (non-hydrogen) atoms. The normalized spacial score (nSPS) is 13.5. The summed E-state index contributed by atoms with van der Waals surface area (Å²) in [4.78, 5) is 0. The molecule has 10 rings (SSSR count). The van der Waals surface area contributed by atoms with Crippen molar-refractivity contribution >= 4 is 51.4 Å². The molecule has 0 unspecified atom stereocenters. The highest BCUT2D eigenvalue weighted by molar-refractivity contribution is 6.73. The van der Waals surface area contributed by atoms with Crippen molar-refractivity contribution in [3.05, 3.63) is 163 Å². The van der Waals surface area contributed by atoms with E-state index >= 15 is 0 Å². The average molecular weight is 613 g/mol. The number of nitrogens with zero attached hydrogens (tertiary/aromatic N) is 1. The van der Waals surface area contributed by atoms with E-state index in [4.69, 9.17) is 0 Å². The predicted molar refractivity (Wildman–Crippen MR) is 205 cm³/mol. The maximum atomic E-state index is 3.77. The molecule has 1 aliphatic carbocycles. The lowest BCUT2D eigenvalue weighted by molar-refractivity contribution is 0.662. The lowest BCUT2D eigenvalue weighted by Crippen LogP contribution is -2.37. The second-order valence-corrected chi connectivity index (χ2v) is 13.8. The van der Waals surface area contributed by atoms with E-state index in [9.17, 15) is 0 Å². The van der Waals surface area contributed by atoms with Crippen molar-refractivity contribution in [1.82, 2.24) is 4.57 Å². The van der Waals surface area contributed by atoms with Gasteiger partial charge in [-0.25, -0.2) is 0 Å². The van der Waals surface area contributed by atoms with Gasteiger partial charge in [-0.05, 0) is 80.8 Å². The van der Waals surface area contributed by atoms with Gasteiger partial charge < -0.3 is 9.88 Å². The van der Waals surface area contributed by atoms with Crippen molar-refractivity contribution < 1.29 is 0 Å². The zero-order chi connectivity index (χ0) is 32.0. The third kappa shape index (κ3) is 3.76. The first-order chi connectivity index (χ1) is 23.6. The maximum absolute atomic E-state index is 3.77. The number of para-hydroxylation sites is 4. The van der Waals surface area contributed by atoms with Crippen molar-refractivity contribution in [2.45, 2.75) is 19.3 Å². The molecule has 8 aromatic rings. The number of benzene rings is 7. The maximum Gasteiger partial charge on any atom is 0.198 e. The van der Waals surface area contributed by atoms with Gasteiger partial charge in [0.25, 0.3) is 0 Å². The van der Waals surface area contributed by atoms with Crippen LogP contribution >= 0.6 is 0 Å². The van der Waals surface area contributed by atoms with Crippen LogP contribution in [0.15, 0.2) is 152 Å². The molecule has 0 radical (unpaired) electrons. The molecule has 2 aliphatic rings. The van der Waals surface area contributed by atoms with Crippen LogP contribution in [0.25, 0.3) is 60.9 Å². The Morgan fingerprint density at radius 2 is 1.23 bits per heavy atom. The molecule has 226 valence electrons. The van der Waals surface area contributed by atoms with E-state index in [0.29, 0.717) is 0 Å². The Hall–Kier alpha value is -5.80. The van der Waals surface area contributed by atoms with Crippen LogP contribution in [-0.4, -0.2) is 11.8 Å². The van der Waals surface area contributed by atoms with Crippen LogP contribution in [0, 0.1) is 0 Å². The van der Waals surface area contributed by atoms with E-state index in [1.54, 1.807) is 0 Å². The summed E-state index contributed by atoms with van der Waals surface area (Å²) in [6.07, 6.45) is 0. The number of rotatable bonds is 4. The van der Waals surface area contributed by atoms with E-state index < -0.39 is 0 Å². The van der Waals surface area contributed by atoms with Gasteiger partial charge >= 0.3 is 0 Å². The van der Waals surface area contributed by atoms with Crippen LogP contribution in [0.2, 0.25) is 0 Å². The highest BCUT2D eigenvalue weighted by atomic mass is 15.0. The van der Waals surface area contributed by atoms with Gasteiger partial charge in [-0.2, -0.15) is 0 Å². The highest BCUT2D eigenvalue weighted by Crippen LogP contribution is 2.54. The Morgan fingerprint density at radius 3 is 2.10 bits per heavy atom. The first-order valence-electron chi connectivity index (χ1n) is 16.9. The largest absolute Gasteiger partial charge is 0.355 e. The molecule has 0 spiro atoms. The Bertz CT molecular complexity index is 2590. The van der Waals surface area contributed by atoms with E-state index in [-0.39, 0.29) is 5.41 Å². The lowest BCUT2D eigenvalue weighted by atomic mass is 9.58. The molecule has 1 aliphatic heterocycles. The molecular weight excluding hydrogens is 579 g/mol. The summed E-state index contributed by atoms with van der Waals surface area (Å²) in [5, 5.41) is 6.41. The van der Waals surface area contributed by atoms with Crippen molar-refractivity contribution in [1.29, 1.82) is 0 Å². The van der Waals surface area contributed by atoms with Gasteiger partial charge in [0.15, 0.2) is 7.28 Å². The molecular formula is C45H33BN2. The standard InChI is InChI=1S/C45H33BN2/c1-45(2)36-22-9-6-17-29(36)31-20-14-21-32(42(31)45)34-27-35(30-18-7-11-24-38(30)47-28-15-4-3-5-16-28)43-44-41(34)33-19-8-12-25-39(33)48(44)40-26-13-10-23-37(40)46-43/h3-27,46-47H,1-2H3. The summed E-state index contributed by atoms with van der Waals surface area (Å²) in [6, 6.07) is 55.7. The fourth-order valence-corrected chi connectivity index (χ4v) is 8.76. The van der Waals surface area contributed by atoms with Gasteiger partial charge in [0.1, 0.15) is 0 Å². The topological polar surface area (TPSA) is 17.0 Å². The minimum atomic E-state index is -0.136. The number of aromatic nitrogens is 1. The quantitative estimate of drug-likeness (QED) is 0.196. The SMILES string of the molecule is CC1(C)c2ccccc2-c2cccc(-c3cc(-c4ccccc4Nc4ccccc4)c4c5c3c3ccccc3n5-c3ccccc3B4)c21. The van der Waals surface area contributed by atoms with Gasteiger partial charge in [-0.1, -0.05) is 135 Å². The van der Waals surface area contributed by atoms with Crippen molar-refractivity contribution in [3.8, 4) is 39.1 Å². The Labute approximate surface area is 281 Å². The van der Waals surface area contributed by atoms with E-state index in [0.717, 1.165) is 18.7 Å². The summed E-state index contributed by atoms with van der Waals surface area (Å²) < 4.78 is 2.54. The minimum absolute atomic E-state index is 0.136. The minimum Gasteiger partial charge on any atom is -0.355 e. The van der Waals surface area contributed by atoms with Gasteiger partial charge in [0.2, 0.25) is 0 Å². The number of hydrogen-bond acceptors (Lipinski definition) is 1. The Morgan fingerprint density at radius 1 is 0.562 bits per heavy atom. The summed E-state index contributed by atoms with van der Waals surface area (Å²) in [5.74, 6) is 0. The molecule has 0 atom stereocenters. The van der Waals surface area contributed by atoms with E-state index in [2.05, 4.69) is 175 Å². The first-order valence-corrected chi connectivity index (χ1v) is 16.9. The van der Waals surface area contributed by atoms with Gasteiger partial charge in [-0.3, -0.25) is 0 Å². The van der Waals surface area contributed by atoms with Gasteiger partial charge in [-0.15, -0.1) is 0 Å². The molecule has 3 heteroatoms. The number of nitrogens with one attached hydrogen (secondary N) is 1. The van der Waals surface area contributed by atoms with Crippen LogP contribution in [0.5, 0.6) is 0 Å². The third-order valence-electron chi connectivity index (χ3n) is 10.8. The predicted octanol–water partition coefficient (Wildman–Crippen LogP) is 9.87. The van der Waals surface area contributed by atoms with E-state index in [1.165, 1.54) is 82.9 Å². The summed E-state index contributed by atoms with van der Waals surface area (Å²) in [6.45, 7) is 4.80. The summed E-state index contributed by atoms with van der Waals surface area (Å²) in [5.41, 5.74) is 19.3. The number of anilines is 2. The molecule has 0 saturated heterocycles. The fraction of sp³-hybridized carbons (Fsp3) is 0.0667. The molecule has 2 heterocycles. The third-order valence-corrected chi connectivity index (χ3v) is 10.8. The molecule has 7 aromatic carbocycles. The monoisotopic (exact) mass is 612 g/mol. The second kappa shape index (κ2) is 10.1. The average Bonchev–Trinajstić information content (AvgIpc) is 3.60. The van der Waals surface area contributed by atoms with Crippen LogP contribution in [0.3, 0.4) is 0 Å². The fourth-order valence-electron chi connectivity index (χ4n) is 8.76. The molecule has 0 bridgehead atoms. The first kappa shape index (κ1) is 27.3. The van der Waals surface area contributed by atoms with Crippen molar-refractivity contribution in [3.63, 3.8) is 0 Å². The van der Waals surface area contributed by atoms with Gasteiger partial charge in [0, 0.05) is 44.3 Å². The molecule has 0 fully saturated rings. The molecule has 0 saturated carbocycles. The van der Waals surface area contributed by atoms with Crippen molar-refractivity contribution in [2.24, 2.45) is 0 Å². The Balaban J connectivity index is 1.35. The zero-order valence-corrected chi connectivity index (χ0v) is 27.1. The van der Waals surface area contributed by atoms with Crippen LogP contribution in [-0.2, 0) is 5.41 Å². The Kier molecular flexibility index (Phi) is 5.75. The lowest BCUT2D eigenvalue weighted by Gasteiger charge is -2.27. The smallest absolute Gasteiger partial charge is 0.198 e. The highest BCUT2D eigenvalue weighted by Gasteiger charge is 2.38. The van der Waals surface area contributed by atoms with Crippen LogP contribution in [0.1, 0.15) is 25.0 Å². The van der Waals surface area contributed by atoms with Crippen molar-refractivity contribution in [2.75, 3.05) is 5.32 Å². The second-order valence-electron chi connectivity index (χ2n) is 13.8. The molecule has 1 N–H and O–H groups in total.